The Morgan fingerprint density at radius 3 is 2.46 bits per heavy atom. The van der Waals surface area contributed by atoms with Crippen LogP contribution in [0.3, 0.4) is 0 Å². The van der Waals surface area contributed by atoms with Gasteiger partial charge in [-0.1, -0.05) is 0 Å². The summed E-state index contributed by atoms with van der Waals surface area (Å²) in [6.07, 6.45) is 2.43. The van der Waals surface area contributed by atoms with Crippen LogP contribution >= 0.6 is 11.3 Å². The van der Waals surface area contributed by atoms with Crippen LogP contribution in [0.25, 0.3) is 0 Å². The summed E-state index contributed by atoms with van der Waals surface area (Å²) in [5, 5.41) is 0.361. The third-order valence-electron chi connectivity index (χ3n) is 4.03. The molecular formula is C16H19N3O3S2. The van der Waals surface area contributed by atoms with Gasteiger partial charge in [-0.25, -0.2) is 13.4 Å². The van der Waals surface area contributed by atoms with E-state index >= 15 is 0 Å². The first-order valence-corrected chi connectivity index (χ1v) is 10.0. The highest BCUT2D eigenvalue weighted by Gasteiger charge is 2.21. The Hall–Kier alpha value is -1.93. The van der Waals surface area contributed by atoms with E-state index in [1.807, 2.05) is 13.8 Å². The average Bonchev–Trinajstić information content (AvgIpc) is 2.85. The fourth-order valence-corrected chi connectivity index (χ4v) is 4.62. The van der Waals surface area contributed by atoms with Gasteiger partial charge in [0.15, 0.2) is 5.13 Å². The van der Waals surface area contributed by atoms with Gasteiger partial charge < -0.3 is 4.90 Å². The van der Waals surface area contributed by atoms with Gasteiger partial charge in [-0.2, -0.15) is 0 Å². The zero-order valence-corrected chi connectivity index (χ0v) is 15.2. The van der Waals surface area contributed by atoms with Crippen molar-refractivity contribution in [1.82, 2.24) is 4.98 Å². The van der Waals surface area contributed by atoms with Gasteiger partial charge in [0.25, 0.3) is 10.0 Å². The van der Waals surface area contributed by atoms with Crippen LogP contribution < -0.4 is 9.62 Å². The average molecular weight is 365 g/mol. The Morgan fingerprint density at radius 2 is 1.88 bits per heavy atom. The molecule has 0 spiro atoms. The molecule has 0 unspecified atom stereocenters. The van der Waals surface area contributed by atoms with Crippen LogP contribution in [-0.4, -0.2) is 25.9 Å². The Bertz CT molecular complexity index is 838. The number of aromatic nitrogens is 1. The van der Waals surface area contributed by atoms with Gasteiger partial charge in [0.2, 0.25) is 5.91 Å². The summed E-state index contributed by atoms with van der Waals surface area (Å²) in [5.74, 6) is 0.0868. The van der Waals surface area contributed by atoms with Crippen LogP contribution in [0.1, 0.15) is 29.8 Å². The normalized spacial score (nSPS) is 15.6. The van der Waals surface area contributed by atoms with Crippen molar-refractivity contribution in [1.29, 1.82) is 0 Å². The monoisotopic (exact) mass is 365 g/mol. The minimum Gasteiger partial charge on any atom is -0.312 e. The van der Waals surface area contributed by atoms with Gasteiger partial charge in [-0.05, 0) is 51.0 Å². The number of thiazole rings is 1. The first-order chi connectivity index (χ1) is 11.4. The fraction of sp³-hybridized carbons (Fsp3) is 0.375. The molecule has 0 saturated carbocycles. The lowest BCUT2D eigenvalue weighted by Crippen LogP contribution is -2.35. The maximum absolute atomic E-state index is 12.4. The van der Waals surface area contributed by atoms with Crippen molar-refractivity contribution in [2.45, 2.75) is 38.0 Å². The molecule has 8 heteroatoms. The molecule has 128 valence electrons. The van der Waals surface area contributed by atoms with Gasteiger partial charge in [0.1, 0.15) is 0 Å². The molecule has 0 radical (unpaired) electrons. The van der Waals surface area contributed by atoms with Gasteiger partial charge in [0.05, 0.1) is 10.6 Å². The molecule has 24 heavy (non-hydrogen) atoms. The number of aryl methyl sites for hydroxylation is 2. The van der Waals surface area contributed by atoms with E-state index in [0.29, 0.717) is 18.1 Å². The predicted octanol–water partition coefficient (Wildman–Crippen LogP) is 3.08. The maximum atomic E-state index is 12.4. The van der Waals surface area contributed by atoms with Crippen molar-refractivity contribution >= 4 is 38.1 Å². The summed E-state index contributed by atoms with van der Waals surface area (Å²) in [6.45, 7) is 4.42. The first-order valence-electron chi connectivity index (χ1n) is 7.74. The van der Waals surface area contributed by atoms with Gasteiger partial charge >= 0.3 is 0 Å². The number of rotatable bonds is 4. The number of hydrogen-bond donors (Lipinski definition) is 1. The van der Waals surface area contributed by atoms with Crippen LogP contribution in [-0.2, 0) is 14.8 Å². The van der Waals surface area contributed by atoms with Crippen molar-refractivity contribution < 1.29 is 13.2 Å². The number of piperidine rings is 1. The van der Waals surface area contributed by atoms with Crippen molar-refractivity contribution in [3.05, 3.63) is 34.8 Å². The van der Waals surface area contributed by atoms with Gasteiger partial charge in [-0.15, -0.1) is 11.3 Å². The summed E-state index contributed by atoms with van der Waals surface area (Å²) in [7, 11) is -3.68. The molecule has 3 rings (SSSR count). The highest BCUT2D eigenvalue weighted by atomic mass is 32.2. The molecule has 0 aliphatic carbocycles. The number of carbonyl (C=O) groups is 1. The van der Waals surface area contributed by atoms with Crippen molar-refractivity contribution in [3.63, 3.8) is 0 Å². The van der Waals surface area contributed by atoms with Crippen LogP contribution in [0.2, 0.25) is 0 Å². The molecule has 1 saturated heterocycles. The second-order valence-corrected chi connectivity index (χ2v) is 8.65. The number of hydrogen-bond acceptors (Lipinski definition) is 5. The second kappa shape index (κ2) is 6.52. The molecule has 2 aromatic rings. The van der Waals surface area contributed by atoms with E-state index in [1.165, 1.54) is 23.5 Å². The minimum absolute atomic E-state index is 0.0868. The van der Waals surface area contributed by atoms with Crippen LogP contribution in [0, 0.1) is 13.8 Å². The molecule has 1 amide bonds. The van der Waals surface area contributed by atoms with Gasteiger partial charge in [0, 0.05) is 23.5 Å². The molecule has 0 atom stereocenters. The molecule has 1 aromatic carbocycles. The standard InChI is InChI=1S/C16H19N3O3S2/c1-11-12(2)23-16(17-11)18-24(21,22)14-8-6-13(7-9-14)19-10-4-3-5-15(19)20/h6-9H,3-5,10H2,1-2H3,(H,17,18). The minimum atomic E-state index is -3.68. The van der Waals surface area contributed by atoms with E-state index in [2.05, 4.69) is 9.71 Å². The smallest absolute Gasteiger partial charge is 0.263 e. The summed E-state index contributed by atoms with van der Waals surface area (Å²) in [5.41, 5.74) is 1.55. The van der Waals surface area contributed by atoms with Crippen molar-refractivity contribution in [2.75, 3.05) is 16.2 Å². The second-order valence-electron chi connectivity index (χ2n) is 5.76. The van der Waals surface area contributed by atoms with E-state index in [4.69, 9.17) is 0 Å². The summed E-state index contributed by atoms with van der Waals surface area (Å²) >= 11 is 1.31. The molecule has 0 bridgehead atoms. The molecule has 1 aliphatic heterocycles. The van der Waals surface area contributed by atoms with E-state index in [9.17, 15) is 13.2 Å². The lowest BCUT2D eigenvalue weighted by molar-refractivity contribution is -0.119. The predicted molar refractivity (Wildman–Crippen MR) is 95.0 cm³/mol. The summed E-state index contributed by atoms with van der Waals surface area (Å²) < 4.78 is 27.4. The van der Waals surface area contributed by atoms with Crippen molar-refractivity contribution in [3.8, 4) is 0 Å². The number of nitrogens with one attached hydrogen (secondary N) is 1. The molecular weight excluding hydrogens is 346 g/mol. The third kappa shape index (κ3) is 3.44. The Labute approximate surface area is 145 Å². The van der Waals surface area contributed by atoms with E-state index in [0.717, 1.165) is 29.1 Å². The molecule has 6 nitrogen and oxygen atoms in total. The van der Waals surface area contributed by atoms with E-state index < -0.39 is 10.0 Å². The SMILES string of the molecule is Cc1nc(NS(=O)(=O)c2ccc(N3CCCCC3=O)cc2)sc1C. The fourth-order valence-electron chi connectivity index (χ4n) is 2.57. The number of anilines is 2. The molecule has 1 fully saturated rings. The highest BCUT2D eigenvalue weighted by molar-refractivity contribution is 7.93. The largest absolute Gasteiger partial charge is 0.312 e. The molecule has 1 N–H and O–H groups in total. The highest BCUT2D eigenvalue weighted by Crippen LogP contribution is 2.26. The number of sulfonamides is 1. The number of carbonyl (C=O) groups excluding carboxylic acids is 1. The number of nitrogens with zero attached hydrogens (tertiary/aromatic N) is 2. The van der Waals surface area contributed by atoms with Gasteiger partial charge in [-0.3, -0.25) is 9.52 Å². The summed E-state index contributed by atoms with van der Waals surface area (Å²) in [6, 6.07) is 6.39. The topological polar surface area (TPSA) is 79.4 Å². The zero-order chi connectivity index (χ0) is 17.3. The first kappa shape index (κ1) is 16.9. The van der Waals surface area contributed by atoms with Crippen LogP contribution in [0.4, 0.5) is 10.8 Å². The van der Waals surface area contributed by atoms with E-state index in [-0.39, 0.29) is 10.8 Å². The quantitative estimate of drug-likeness (QED) is 0.903. The number of benzene rings is 1. The summed E-state index contributed by atoms with van der Waals surface area (Å²) in [4.78, 5) is 19.0. The lowest BCUT2D eigenvalue weighted by Gasteiger charge is -2.26. The van der Waals surface area contributed by atoms with Crippen molar-refractivity contribution in [2.24, 2.45) is 0 Å². The Balaban J connectivity index is 1.80. The molecule has 1 aromatic heterocycles. The number of amides is 1. The third-order valence-corrected chi connectivity index (χ3v) is 6.50. The Morgan fingerprint density at radius 1 is 1.17 bits per heavy atom. The zero-order valence-electron chi connectivity index (χ0n) is 13.6. The molecule has 1 aliphatic rings. The van der Waals surface area contributed by atoms with Crippen LogP contribution in [0.5, 0.6) is 0 Å². The van der Waals surface area contributed by atoms with Crippen LogP contribution in [0.15, 0.2) is 29.2 Å². The maximum Gasteiger partial charge on any atom is 0.263 e. The lowest BCUT2D eigenvalue weighted by atomic mass is 10.1. The molecule has 2 heterocycles. The Kier molecular flexibility index (Phi) is 4.60. The van der Waals surface area contributed by atoms with E-state index in [1.54, 1.807) is 17.0 Å².